The summed E-state index contributed by atoms with van der Waals surface area (Å²) in [5.41, 5.74) is 3.70. The van der Waals surface area contributed by atoms with Gasteiger partial charge in [0, 0.05) is 55.4 Å². The molecule has 1 saturated heterocycles. The minimum Gasteiger partial charge on any atom is -0.508 e. The molecule has 1 aliphatic heterocycles. The Hall–Kier alpha value is -2.74. The summed E-state index contributed by atoms with van der Waals surface area (Å²) in [5, 5.41) is 15.2. The second-order valence-corrected chi connectivity index (χ2v) is 8.56. The van der Waals surface area contributed by atoms with Crippen molar-refractivity contribution < 1.29 is 9.90 Å². The summed E-state index contributed by atoms with van der Waals surface area (Å²) >= 11 is 1.56. The van der Waals surface area contributed by atoms with Crippen LogP contribution in [0.25, 0.3) is 10.6 Å². The fourth-order valence-corrected chi connectivity index (χ4v) is 4.36. The van der Waals surface area contributed by atoms with Crippen molar-refractivity contribution in [3.05, 3.63) is 65.2 Å². The van der Waals surface area contributed by atoms with E-state index in [0.717, 1.165) is 49.0 Å². The Morgan fingerprint density at radius 3 is 2.73 bits per heavy atom. The molecule has 1 aromatic heterocycles. The second-order valence-electron chi connectivity index (χ2n) is 7.70. The summed E-state index contributed by atoms with van der Waals surface area (Å²) in [7, 11) is 2.17. The van der Waals surface area contributed by atoms with E-state index in [1.54, 1.807) is 29.5 Å². The normalized spacial score (nSPS) is 15.2. The van der Waals surface area contributed by atoms with Crippen LogP contribution in [0.5, 0.6) is 5.75 Å². The predicted molar refractivity (Wildman–Crippen MR) is 121 cm³/mol. The van der Waals surface area contributed by atoms with Gasteiger partial charge in [0.1, 0.15) is 10.8 Å². The number of aromatic hydroxyl groups is 1. The fraction of sp³-hybridized carbons (Fsp3) is 0.304. The van der Waals surface area contributed by atoms with Crippen LogP contribution in [0.2, 0.25) is 0 Å². The molecular formula is C23H26N4O2S. The molecule has 1 aliphatic rings. The number of nitrogens with zero attached hydrogens (tertiary/aromatic N) is 3. The maximum absolute atomic E-state index is 12.3. The van der Waals surface area contributed by atoms with Gasteiger partial charge >= 0.3 is 0 Å². The summed E-state index contributed by atoms with van der Waals surface area (Å²) < 4.78 is 0. The summed E-state index contributed by atoms with van der Waals surface area (Å²) in [6.07, 6.45) is 0.202. The monoisotopic (exact) mass is 422 g/mol. The summed E-state index contributed by atoms with van der Waals surface area (Å²) in [6, 6.07) is 15.1. The topological polar surface area (TPSA) is 68.7 Å². The Morgan fingerprint density at radius 2 is 1.93 bits per heavy atom. The molecule has 0 saturated carbocycles. The van der Waals surface area contributed by atoms with Gasteiger partial charge in [-0.2, -0.15) is 0 Å². The number of likely N-dealkylation sites (N-methyl/N-ethyl adjacent to an activating group) is 1. The van der Waals surface area contributed by atoms with Crippen LogP contribution >= 0.6 is 11.3 Å². The van der Waals surface area contributed by atoms with Crippen molar-refractivity contribution in [3.8, 4) is 16.3 Å². The predicted octanol–water partition coefficient (Wildman–Crippen LogP) is 3.44. The van der Waals surface area contributed by atoms with Gasteiger partial charge in [0.25, 0.3) is 0 Å². The first-order valence-electron chi connectivity index (χ1n) is 10.1. The van der Waals surface area contributed by atoms with E-state index in [1.807, 2.05) is 5.38 Å². The van der Waals surface area contributed by atoms with E-state index in [-0.39, 0.29) is 18.1 Å². The molecule has 2 N–H and O–H groups in total. The lowest BCUT2D eigenvalue weighted by Gasteiger charge is -2.32. The molecule has 0 spiro atoms. The van der Waals surface area contributed by atoms with Crippen LogP contribution in [0.4, 0.5) is 5.69 Å². The van der Waals surface area contributed by atoms with Crippen molar-refractivity contribution in [1.82, 2.24) is 14.8 Å². The third kappa shape index (κ3) is 5.44. The van der Waals surface area contributed by atoms with Crippen LogP contribution in [-0.2, 0) is 17.8 Å². The Labute approximate surface area is 180 Å². The highest BCUT2D eigenvalue weighted by molar-refractivity contribution is 7.13. The van der Waals surface area contributed by atoms with E-state index in [9.17, 15) is 9.90 Å². The fourth-order valence-electron chi connectivity index (χ4n) is 3.54. The Morgan fingerprint density at radius 1 is 1.13 bits per heavy atom. The van der Waals surface area contributed by atoms with Crippen molar-refractivity contribution in [1.29, 1.82) is 0 Å². The quantitative estimate of drug-likeness (QED) is 0.637. The number of anilines is 1. The average Bonchev–Trinajstić information content (AvgIpc) is 3.18. The van der Waals surface area contributed by atoms with Crippen molar-refractivity contribution in [2.75, 3.05) is 38.5 Å². The number of hydrogen-bond donors (Lipinski definition) is 2. The minimum absolute atomic E-state index is 0.125. The van der Waals surface area contributed by atoms with Gasteiger partial charge < -0.3 is 15.3 Å². The summed E-state index contributed by atoms with van der Waals surface area (Å²) in [5.74, 6) is -0.0264. The molecule has 6 nitrogen and oxygen atoms in total. The first-order valence-corrected chi connectivity index (χ1v) is 11.0. The average molecular weight is 423 g/mol. The number of thiazole rings is 1. The number of aromatic nitrogens is 1. The molecule has 0 radical (unpaired) electrons. The van der Waals surface area contributed by atoms with Crippen LogP contribution in [-0.4, -0.2) is 59.0 Å². The molecule has 3 aromatic rings. The van der Waals surface area contributed by atoms with E-state index in [0.29, 0.717) is 5.69 Å². The molecule has 4 rings (SSSR count). The Kier molecular flexibility index (Phi) is 6.42. The van der Waals surface area contributed by atoms with Gasteiger partial charge in [-0.25, -0.2) is 4.98 Å². The van der Waals surface area contributed by atoms with Gasteiger partial charge in [-0.3, -0.25) is 9.69 Å². The molecule has 156 valence electrons. The SMILES string of the molecule is CN1CCN(Cc2cccc(-c3nc(CC(=O)Nc4cccc(O)c4)cs3)c2)CC1. The number of phenolic OH excluding ortho intramolecular Hbond substituents is 1. The lowest BCUT2D eigenvalue weighted by atomic mass is 10.1. The minimum atomic E-state index is -0.152. The number of piperazine rings is 1. The standard InChI is InChI=1S/C23H26N4O2S/c1-26-8-10-27(11-9-26)15-17-4-2-5-18(12-17)23-25-20(16-30-23)14-22(29)24-19-6-3-7-21(28)13-19/h2-7,12-13,16,28H,8-11,14-15H2,1H3,(H,24,29). The maximum atomic E-state index is 12.3. The second kappa shape index (κ2) is 9.38. The third-order valence-corrected chi connectivity index (χ3v) is 6.14. The van der Waals surface area contributed by atoms with E-state index >= 15 is 0 Å². The van der Waals surface area contributed by atoms with Crippen molar-refractivity contribution in [3.63, 3.8) is 0 Å². The lowest BCUT2D eigenvalue weighted by Crippen LogP contribution is -2.43. The highest BCUT2D eigenvalue weighted by Gasteiger charge is 2.15. The number of carbonyl (C=O) groups is 1. The van der Waals surface area contributed by atoms with E-state index in [1.165, 1.54) is 11.6 Å². The zero-order chi connectivity index (χ0) is 20.9. The van der Waals surface area contributed by atoms with Gasteiger partial charge in [-0.1, -0.05) is 24.3 Å². The highest BCUT2D eigenvalue weighted by Crippen LogP contribution is 2.25. The van der Waals surface area contributed by atoms with Crippen molar-refractivity contribution in [2.45, 2.75) is 13.0 Å². The first kappa shape index (κ1) is 20.5. The zero-order valence-electron chi connectivity index (χ0n) is 17.0. The molecule has 0 bridgehead atoms. The van der Waals surface area contributed by atoms with Crippen LogP contribution < -0.4 is 5.32 Å². The number of benzene rings is 2. The molecular weight excluding hydrogens is 396 g/mol. The van der Waals surface area contributed by atoms with Crippen LogP contribution in [0.15, 0.2) is 53.9 Å². The largest absolute Gasteiger partial charge is 0.508 e. The molecule has 0 atom stereocenters. The van der Waals surface area contributed by atoms with Gasteiger partial charge in [-0.05, 0) is 30.8 Å². The van der Waals surface area contributed by atoms with Crippen LogP contribution in [0, 0.1) is 0 Å². The molecule has 7 heteroatoms. The van der Waals surface area contributed by atoms with Gasteiger partial charge in [-0.15, -0.1) is 11.3 Å². The van der Waals surface area contributed by atoms with Gasteiger partial charge in [0.05, 0.1) is 12.1 Å². The number of hydrogen-bond acceptors (Lipinski definition) is 6. The zero-order valence-corrected chi connectivity index (χ0v) is 17.9. The maximum Gasteiger partial charge on any atom is 0.230 e. The molecule has 1 fully saturated rings. The van der Waals surface area contributed by atoms with Crippen LogP contribution in [0.3, 0.4) is 0 Å². The number of carbonyl (C=O) groups excluding carboxylic acids is 1. The Balaban J connectivity index is 1.38. The van der Waals surface area contributed by atoms with Crippen molar-refractivity contribution in [2.24, 2.45) is 0 Å². The molecule has 2 aromatic carbocycles. The van der Waals surface area contributed by atoms with Crippen molar-refractivity contribution >= 4 is 22.9 Å². The highest BCUT2D eigenvalue weighted by atomic mass is 32.1. The lowest BCUT2D eigenvalue weighted by molar-refractivity contribution is -0.115. The Bertz CT molecular complexity index is 1010. The number of phenols is 1. The smallest absolute Gasteiger partial charge is 0.230 e. The van der Waals surface area contributed by atoms with Gasteiger partial charge in [0.15, 0.2) is 0 Å². The van der Waals surface area contributed by atoms with E-state index < -0.39 is 0 Å². The number of nitrogens with one attached hydrogen (secondary N) is 1. The molecule has 0 aliphatic carbocycles. The summed E-state index contributed by atoms with van der Waals surface area (Å²) in [4.78, 5) is 21.8. The number of rotatable bonds is 6. The first-order chi connectivity index (χ1) is 14.5. The molecule has 2 heterocycles. The van der Waals surface area contributed by atoms with E-state index in [2.05, 4.69) is 51.4 Å². The molecule has 1 amide bonds. The summed E-state index contributed by atoms with van der Waals surface area (Å²) in [6.45, 7) is 5.36. The van der Waals surface area contributed by atoms with Crippen LogP contribution in [0.1, 0.15) is 11.3 Å². The molecule has 30 heavy (non-hydrogen) atoms. The number of amides is 1. The molecule has 0 unspecified atom stereocenters. The van der Waals surface area contributed by atoms with E-state index in [4.69, 9.17) is 0 Å². The van der Waals surface area contributed by atoms with Gasteiger partial charge in [0.2, 0.25) is 5.91 Å². The third-order valence-electron chi connectivity index (χ3n) is 5.20.